The van der Waals surface area contributed by atoms with Gasteiger partial charge in [-0.3, -0.25) is 4.39 Å². The van der Waals surface area contributed by atoms with Crippen molar-refractivity contribution >= 4 is 0 Å². The van der Waals surface area contributed by atoms with Crippen molar-refractivity contribution in [3.05, 3.63) is 0 Å². The minimum atomic E-state index is -5.31. The highest BCUT2D eigenvalue weighted by molar-refractivity contribution is 4.76. The topological polar surface area (TPSA) is 9.23 Å². The molecule has 0 aliphatic heterocycles. The lowest BCUT2D eigenvalue weighted by atomic mass is 10.3. The van der Waals surface area contributed by atoms with E-state index in [0.717, 1.165) is 6.92 Å². The number of ether oxygens (including phenoxy) is 1. The summed E-state index contributed by atoms with van der Waals surface area (Å²) in [6.07, 6.45) is -5.31. The van der Waals surface area contributed by atoms with E-state index >= 15 is 0 Å². The minimum absolute atomic E-state index is 0.500. The van der Waals surface area contributed by atoms with Gasteiger partial charge in [-0.05, 0) is 6.92 Å². The summed E-state index contributed by atoms with van der Waals surface area (Å²) in [6, 6.07) is 0. The summed E-state index contributed by atoms with van der Waals surface area (Å²) in [4.78, 5) is 0. The Hall–Kier alpha value is -0.460. The van der Waals surface area contributed by atoms with Crippen LogP contribution < -0.4 is 0 Å². The van der Waals surface area contributed by atoms with Crippen LogP contribution in [0.2, 0.25) is 0 Å². The maximum Gasteiger partial charge on any atom is 0.451 e. The van der Waals surface area contributed by atoms with Crippen LogP contribution in [0.3, 0.4) is 0 Å². The Bertz CT molecular complexity index is 125. The lowest BCUT2D eigenvalue weighted by Crippen LogP contribution is -2.45. The zero-order chi connectivity index (χ0) is 11.1. The van der Waals surface area contributed by atoms with E-state index in [4.69, 9.17) is 0 Å². The molecule has 0 rings (SSSR count). The molecule has 0 aliphatic carbocycles. The number of rotatable bonds is 3. The van der Waals surface area contributed by atoms with E-state index in [1.807, 2.05) is 0 Å². The number of halogens is 6. The van der Waals surface area contributed by atoms with Crippen LogP contribution in [0.4, 0.5) is 26.3 Å². The highest BCUT2D eigenvalue weighted by Gasteiger charge is 2.57. The van der Waals surface area contributed by atoms with Gasteiger partial charge in [-0.25, -0.2) is 4.39 Å². The zero-order valence-electron chi connectivity index (χ0n) is 7.09. The third-order valence-electron chi connectivity index (χ3n) is 0.968. The van der Waals surface area contributed by atoms with Gasteiger partial charge in [-0.15, -0.1) is 0 Å². The van der Waals surface area contributed by atoms with E-state index in [1.165, 1.54) is 0 Å². The van der Waals surface area contributed by atoms with Crippen molar-refractivity contribution < 1.29 is 31.1 Å². The second-order valence-electron chi connectivity index (χ2n) is 1.79. The van der Waals surface area contributed by atoms with Crippen LogP contribution in [-0.4, -0.2) is 32.5 Å². The zero-order valence-corrected chi connectivity index (χ0v) is 7.09. The van der Waals surface area contributed by atoms with Gasteiger partial charge in [0.15, 0.2) is 6.67 Å². The van der Waals surface area contributed by atoms with Crippen molar-refractivity contribution in [3.63, 3.8) is 0 Å². The van der Waals surface area contributed by atoms with Gasteiger partial charge in [-0.1, -0.05) is 0 Å². The molecule has 0 saturated heterocycles. The van der Waals surface area contributed by atoms with Gasteiger partial charge >= 0.3 is 12.0 Å². The third-order valence-corrected chi connectivity index (χ3v) is 0.968. The van der Waals surface area contributed by atoms with Crippen molar-refractivity contribution in [2.24, 2.45) is 0 Å². The molecule has 0 N–H and O–H groups in total. The molecule has 0 heterocycles. The first-order valence-corrected chi connectivity index (χ1v) is 3.20. The molecule has 0 aromatic carbocycles. The van der Waals surface area contributed by atoms with Crippen LogP contribution in [0, 0.1) is 0 Å². The maximum atomic E-state index is 12.3. The standard InChI is InChI=1S/C5H7F5O.CH3F/c1-2-11-4(7,3-6)5(8,9)10;1-2/h2-3H2,1H3;1H3. The quantitative estimate of drug-likeness (QED) is 0.653. The van der Waals surface area contributed by atoms with Crippen molar-refractivity contribution in [2.45, 2.75) is 19.0 Å². The van der Waals surface area contributed by atoms with E-state index in [0.29, 0.717) is 7.18 Å². The Morgan fingerprint density at radius 2 is 1.46 bits per heavy atom. The maximum absolute atomic E-state index is 12.3. The molecule has 0 spiro atoms. The van der Waals surface area contributed by atoms with Gasteiger partial charge in [0, 0.05) is 6.61 Å². The van der Waals surface area contributed by atoms with Gasteiger partial charge in [0.25, 0.3) is 0 Å². The molecule has 0 bridgehead atoms. The average molecular weight is 212 g/mol. The molecular formula is C6H10F6O. The molecular weight excluding hydrogens is 202 g/mol. The SMILES string of the molecule is CCOC(F)(CF)C(F)(F)F.CF. The Kier molecular flexibility index (Phi) is 7.01. The fourth-order valence-corrected chi connectivity index (χ4v) is 0.425. The first kappa shape index (κ1) is 15.0. The molecule has 0 saturated carbocycles. The second-order valence-corrected chi connectivity index (χ2v) is 1.79. The van der Waals surface area contributed by atoms with Crippen LogP contribution in [0.25, 0.3) is 0 Å². The van der Waals surface area contributed by atoms with Crippen molar-refractivity contribution in [3.8, 4) is 0 Å². The highest BCUT2D eigenvalue weighted by Crippen LogP contribution is 2.35. The number of alkyl halides is 6. The van der Waals surface area contributed by atoms with E-state index < -0.39 is 25.3 Å². The van der Waals surface area contributed by atoms with E-state index in [9.17, 15) is 26.3 Å². The Morgan fingerprint density at radius 1 is 1.08 bits per heavy atom. The van der Waals surface area contributed by atoms with Gasteiger partial charge in [0.2, 0.25) is 0 Å². The Balaban J connectivity index is 0. The second kappa shape index (κ2) is 6.06. The Morgan fingerprint density at radius 3 is 1.54 bits per heavy atom. The molecule has 7 heteroatoms. The monoisotopic (exact) mass is 212 g/mol. The molecule has 13 heavy (non-hydrogen) atoms. The molecule has 82 valence electrons. The largest absolute Gasteiger partial charge is 0.451 e. The predicted molar refractivity (Wildman–Crippen MR) is 34.5 cm³/mol. The fraction of sp³-hybridized carbons (Fsp3) is 1.00. The molecule has 0 fully saturated rings. The third kappa shape index (κ3) is 4.35. The molecule has 1 unspecified atom stereocenters. The Labute approximate surface area is 71.7 Å². The predicted octanol–water partition coefficient (Wildman–Crippen LogP) is 2.81. The van der Waals surface area contributed by atoms with Gasteiger partial charge in [-0.2, -0.15) is 17.6 Å². The van der Waals surface area contributed by atoms with Crippen molar-refractivity contribution in [1.29, 1.82) is 0 Å². The molecule has 0 aromatic heterocycles. The molecule has 0 aliphatic rings. The minimum Gasteiger partial charge on any atom is -0.337 e. The van der Waals surface area contributed by atoms with Gasteiger partial charge in [0.1, 0.15) is 0 Å². The van der Waals surface area contributed by atoms with Gasteiger partial charge < -0.3 is 4.74 Å². The van der Waals surface area contributed by atoms with E-state index in [2.05, 4.69) is 4.74 Å². The lowest BCUT2D eigenvalue weighted by molar-refractivity contribution is -0.335. The summed E-state index contributed by atoms with van der Waals surface area (Å²) < 4.78 is 71.5. The van der Waals surface area contributed by atoms with E-state index in [-0.39, 0.29) is 0 Å². The highest BCUT2D eigenvalue weighted by atomic mass is 19.4. The average Bonchev–Trinajstić information content (AvgIpc) is 2.06. The van der Waals surface area contributed by atoms with E-state index in [1.54, 1.807) is 0 Å². The first-order valence-electron chi connectivity index (χ1n) is 3.20. The van der Waals surface area contributed by atoms with Crippen LogP contribution >= 0.6 is 0 Å². The van der Waals surface area contributed by atoms with Gasteiger partial charge in [0.05, 0.1) is 7.18 Å². The summed E-state index contributed by atoms with van der Waals surface area (Å²) in [5, 5.41) is 0. The van der Waals surface area contributed by atoms with Crippen LogP contribution in [0.15, 0.2) is 0 Å². The fourth-order valence-electron chi connectivity index (χ4n) is 0.425. The number of hydrogen-bond acceptors (Lipinski definition) is 1. The summed E-state index contributed by atoms with van der Waals surface area (Å²) in [6.45, 7) is -1.60. The summed E-state index contributed by atoms with van der Waals surface area (Å²) in [7, 11) is 0.500. The van der Waals surface area contributed by atoms with Crippen LogP contribution in [0.1, 0.15) is 6.92 Å². The van der Waals surface area contributed by atoms with Crippen LogP contribution in [-0.2, 0) is 4.74 Å². The summed E-state index contributed by atoms with van der Waals surface area (Å²) in [5.41, 5.74) is 0. The smallest absolute Gasteiger partial charge is 0.337 e. The lowest BCUT2D eigenvalue weighted by Gasteiger charge is -2.23. The molecule has 1 nitrogen and oxygen atoms in total. The molecule has 0 amide bonds. The van der Waals surface area contributed by atoms with Crippen LogP contribution in [0.5, 0.6) is 0 Å². The molecule has 0 aromatic rings. The summed E-state index contributed by atoms with van der Waals surface area (Å²) >= 11 is 0. The summed E-state index contributed by atoms with van der Waals surface area (Å²) in [5.74, 6) is -4.14. The first-order chi connectivity index (χ1) is 5.87. The normalized spacial score (nSPS) is 15.7. The molecule has 1 atom stereocenters. The van der Waals surface area contributed by atoms with Crippen molar-refractivity contribution in [2.75, 3.05) is 20.5 Å². The number of hydrogen-bond donors (Lipinski definition) is 0. The molecule has 0 radical (unpaired) electrons. The van der Waals surface area contributed by atoms with Crippen molar-refractivity contribution in [1.82, 2.24) is 0 Å².